The van der Waals surface area contributed by atoms with Crippen molar-refractivity contribution in [3.63, 3.8) is 0 Å². The number of hydrogen-bond acceptors (Lipinski definition) is 4. The molecule has 0 aromatic carbocycles. The predicted octanol–water partition coefficient (Wildman–Crippen LogP) is 2.46. The Kier molecular flexibility index (Phi) is 4.73. The van der Waals surface area contributed by atoms with Crippen molar-refractivity contribution in [2.24, 2.45) is 0 Å². The van der Waals surface area contributed by atoms with E-state index in [-0.39, 0.29) is 6.17 Å². The van der Waals surface area contributed by atoms with Crippen LogP contribution in [-0.2, 0) is 6.42 Å². The van der Waals surface area contributed by atoms with Gasteiger partial charge in [-0.1, -0.05) is 9.24 Å². The first-order chi connectivity index (χ1) is 11.5. The van der Waals surface area contributed by atoms with Crippen molar-refractivity contribution in [3.8, 4) is 11.3 Å². The Bertz CT molecular complexity index is 765. The van der Waals surface area contributed by atoms with Gasteiger partial charge in [0.25, 0.3) is 5.66 Å². The van der Waals surface area contributed by atoms with Crippen molar-refractivity contribution in [1.82, 2.24) is 25.4 Å². The van der Waals surface area contributed by atoms with Crippen LogP contribution in [0.4, 0.5) is 8.78 Å². The number of aromatic nitrogens is 3. The van der Waals surface area contributed by atoms with Crippen LogP contribution in [0.5, 0.6) is 0 Å². The zero-order chi connectivity index (χ0) is 17.2. The fraction of sp³-hybridized carbons (Fsp3) is 0.250. The molecule has 1 aliphatic rings. The Balaban J connectivity index is 1.99. The van der Waals surface area contributed by atoms with Gasteiger partial charge in [-0.15, -0.1) is 0 Å². The van der Waals surface area contributed by atoms with E-state index >= 15 is 0 Å². The van der Waals surface area contributed by atoms with Crippen LogP contribution >= 0.6 is 9.24 Å². The molecule has 0 radical (unpaired) electrons. The van der Waals surface area contributed by atoms with Crippen LogP contribution in [0.1, 0.15) is 5.69 Å². The van der Waals surface area contributed by atoms with Crippen molar-refractivity contribution in [1.29, 1.82) is 0 Å². The van der Waals surface area contributed by atoms with Gasteiger partial charge >= 0.3 is 0 Å². The minimum absolute atomic E-state index is 0.00808. The van der Waals surface area contributed by atoms with E-state index in [1.54, 1.807) is 40.0 Å². The first-order valence-electron chi connectivity index (χ1n) is 7.44. The molecule has 2 unspecified atom stereocenters. The SMILES string of the molecule is CNC1C=CC(n2nc(-c3cccnc3)cc2CC(F)(F)P)=CN1. The molecule has 3 rings (SSSR count). The maximum Gasteiger partial charge on any atom is 0.264 e. The van der Waals surface area contributed by atoms with Crippen molar-refractivity contribution < 1.29 is 8.78 Å². The minimum atomic E-state index is -2.90. The van der Waals surface area contributed by atoms with Crippen molar-refractivity contribution in [2.75, 3.05) is 7.05 Å². The van der Waals surface area contributed by atoms with E-state index < -0.39 is 12.1 Å². The summed E-state index contributed by atoms with van der Waals surface area (Å²) in [7, 11) is 3.41. The van der Waals surface area contributed by atoms with E-state index in [0.29, 0.717) is 17.1 Å². The lowest BCUT2D eigenvalue weighted by atomic mass is 10.2. The maximum atomic E-state index is 13.5. The van der Waals surface area contributed by atoms with Gasteiger partial charge in [0.1, 0.15) is 0 Å². The average molecular weight is 349 g/mol. The largest absolute Gasteiger partial charge is 0.371 e. The molecule has 3 heterocycles. The second-order valence-corrected chi connectivity index (χ2v) is 6.32. The standard InChI is InChI=1S/C16H18F2N5P/c1-19-15-5-4-12(10-21-15)23-13(8-16(17,18)24)7-14(22-23)11-3-2-6-20-9-11/h2-7,9-10,15,19,21H,8,24H2,1H3. The Morgan fingerprint density at radius 1 is 1.46 bits per heavy atom. The minimum Gasteiger partial charge on any atom is -0.371 e. The third kappa shape index (κ3) is 3.86. The van der Waals surface area contributed by atoms with Gasteiger partial charge in [-0.3, -0.25) is 10.3 Å². The average Bonchev–Trinajstić information content (AvgIpc) is 2.97. The first-order valence-corrected chi connectivity index (χ1v) is 8.02. The fourth-order valence-corrected chi connectivity index (χ4v) is 2.66. The van der Waals surface area contributed by atoms with Crippen LogP contribution < -0.4 is 10.6 Å². The number of dihydropyridines is 1. The Hall–Kier alpha value is -2.11. The van der Waals surface area contributed by atoms with Crippen LogP contribution in [0.2, 0.25) is 0 Å². The molecule has 2 aromatic heterocycles. The molecule has 126 valence electrons. The van der Waals surface area contributed by atoms with Crippen LogP contribution in [0.3, 0.4) is 0 Å². The van der Waals surface area contributed by atoms with Gasteiger partial charge in [0.2, 0.25) is 0 Å². The molecule has 0 bridgehead atoms. The number of alkyl halides is 2. The highest BCUT2D eigenvalue weighted by Gasteiger charge is 2.26. The van der Waals surface area contributed by atoms with Gasteiger partial charge in [0.15, 0.2) is 0 Å². The summed E-state index contributed by atoms with van der Waals surface area (Å²) >= 11 is 0. The number of nitrogens with one attached hydrogen (secondary N) is 2. The van der Waals surface area contributed by atoms with E-state index in [2.05, 4.69) is 20.7 Å². The van der Waals surface area contributed by atoms with Crippen LogP contribution in [0, 0.1) is 0 Å². The molecular weight excluding hydrogens is 331 g/mol. The van der Waals surface area contributed by atoms with Crippen molar-refractivity contribution in [2.45, 2.75) is 18.3 Å². The predicted molar refractivity (Wildman–Crippen MR) is 93.2 cm³/mol. The van der Waals surface area contributed by atoms with Crippen LogP contribution in [0.25, 0.3) is 17.0 Å². The summed E-state index contributed by atoms with van der Waals surface area (Å²) in [6, 6.07) is 5.31. The van der Waals surface area contributed by atoms with E-state index in [1.165, 1.54) is 4.68 Å². The molecule has 8 heteroatoms. The Morgan fingerprint density at radius 3 is 2.88 bits per heavy atom. The molecule has 0 saturated carbocycles. The van der Waals surface area contributed by atoms with E-state index in [1.807, 2.05) is 25.3 Å². The van der Waals surface area contributed by atoms with Gasteiger partial charge in [-0.25, -0.2) is 13.5 Å². The van der Waals surface area contributed by atoms with E-state index in [4.69, 9.17) is 0 Å². The quantitative estimate of drug-likeness (QED) is 0.815. The topological polar surface area (TPSA) is 54.8 Å². The maximum absolute atomic E-state index is 13.5. The lowest BCUT2D eigenvalue weighted by molar-refractivity contribution is 0.103. The molecule has 2 aromatic rings. The summed E-state index contributed by atoms with van der Waals surface area (Å²) in [5.74, 6) is 0. The highest BCUT2D eigenvalue weighted by molar-refractivity contribution is 7.18. The third-order valence-corrected chi connectivity index (χ3v) is 3.79. The number of pyridine rings is 1. The highest BCUT2D eigenvalue weighted by Crippen LogP contribution is 2.30. The summed E-state index contributed by atoms with van der Waals surface area (Å²) in [6.45, 7) is 0. The number of allylic oxidation sites excluding steroid dienone is 2. The molecule has 0 amide bonds. The Morgan fingerprint density at radius 2 is 2.29 bits per heavy atom. The van der Waals surface area contributed by atoms with E-state index in [0.717, 1.165) is 5.56 Å². The molecule has 5 nitrogen and oxygen atoms in total. The first kappa shape index (κ1) is 16.7. The van der Waals surface area contributed by atoms with E-state index in [9.17, 15) is 8.78 Å². The molecule has 0 fully saturated rings. The van der Waals surface area contributed by atoms with Gasteiger partial charge < -0.3 is 5.32 Å². The lowest BCUT2D eigenvalue weighted by Gasteiger charge is -2.19. The zero-order valence-electron chi connectivity index (χ0n) is 13.1. The molecule has 24 heavy (non-hydrogen) atoms. The highest BCUT2D eigenvalue weighted by atomic mass is 31.0. The molecule has 0 aliphatic carbocycles. The summed E-state index contributed by atoms with van der Waals surface area (Å²) < 4.78 is 28.6. The molecule has 2 N–H and O–H groups in total. The van der Waals surface area contributed by atoms with Gasteiger partial charge in [-0.2, -0.15) is 5.10 Å². The molecule has 1 aliphatic heterocycles. The summed E-state index contributed by atoms with van der Waals surface area (Å²) in [6.07, 6.45) is 8.42. The van der Waals surface area contributed by atoms with Crippen molar-refractivity contribution >= 4 is 14.9 Å². The number of rotatable bonds is 5. The molecule has 2 atom stereocenters. The number of halogens is 2. The normalized spacial score (nSPS) is 17.5. The molecular formula is C16H18F2N5P. The van der Waals surface area contributed by atoms with Gasteiger partial charge in [0, 0.05) is 24.2 Å². The number of likely N-dealkylation sites (N-methyl/N-ethyl adjacent to an activating group) is 1. The second-order valence-electron chi connectivity index (χ2n) is 5.47. The van der Waals surface area contributed by atoms with Gasteiger partial charge in [0.05, 0.1) is 29.7 Å². The number of hydrogen-bond donors (Lipinski definition) is 2. The molecule has 0 saturated heterocycles. The summed E-state index contributed by atoms with van der Waals surface area (Å²) in [5.41, 5.74) is -0.386. The smallest absolute Gasteiger partial charge is 0.264 e. The summed E-state index contributed by atoms with van der Waals surface area (Å²) in [4.78, 5) is 4.06. The lowest BCUT2D eigenvalue weighted by Crippen LogP contribution is -2.37. The molecule has 0 spiro atoms. The fourth-order valence-electron chi connectivity index (χ4n) is 2.45. The number of nitrogens with zero attached hydrogens (tertiary/aromatic N) is 3. The van der Waals surface area contributed by atoms with Gasteiger partial charge in [-0.05, 0) is 37.4 Å². The summed E-state index contributed by atoms with van der Waals surface area (Å²) in [5, 5.41) is 10.7. The second kappa shape index (κ2) is 6.79. The van der Waals surface area contributed by atoms with Crippen molar-refractivity contribution in [3.05, 3.63) is 54.6 Å². The zero-order valence-corrected chi connectivity index (χ0v) is 14.2. The third-order valence-electron chi connectivity index (χ3n) is 3.58. The van der Waals surface area contributed by atoms with Crippen LogP contribution in [-0.4, -0.2) is 33.6 Å². The van der Waals surface area contributed by atoms with Crippen LogP contribution in [0.15, 0.2) is 48.9 Å². The Labute approximate surface area is 141 Å². The monoisotopic (exact) mass is 349 g/mol.